The Labute approximate surface area is 155 Å². The van der Waals surface area contributed by atoms with E-state index in [9.17, 15) is 9.59 Å². The molecule has 0 bridgehead atoms. The summed E-state index contributed by atoms with van der Waals surface area (Å²) in [7, 11) is 0. The Bertz CT molecular complexity index is 578. The molecule has 140 valence electrons. The topological polar surface area (TPSA) is 93.4 Å². The lowest BCUT2D eigenvalue weighted by molar-refractivity contribution is -0.122. The molecule has 2 unspecified atom stereocenters. The van der Waals surface area contributed by atoms with E-state index < -0.39 is 6.04 Å². The molecule has 1 aromatic carbocycles. The molecule has 6 nitrogen and oxygen atoms in total. The zero-order chi connectivity index (χ0) is 17.5. The summed E-state index contributed by atoms with van der Waals surface area (Å²) in [6.07, 6.45) is 2.45. The summed E-state index contributed by atoms with van der Waals surface area (Å²) in [6.45, 7) is 4.34. The second kappa shape index (κ2) is 10.3. The molecule has 0 radical (unpaired) electrons. The smallest absolute Gasteiger partial charge is 0.222 e. The van der Waals surface area contributed by atoms with Gasteiger partial charge >= 0.3 is 0 Å². The Morgan fingerprint density at radius 2 is 2.00 bits per heavy atom. The summed E-state index contributed by atoms with van der Waals surface area (Å²) in [5.74, 6) is 0.904. The highest BCUT2D eigenvalue weighted by atomic mass is 35.5. The molecule has 2 amide bonds. The van der Waals surface area contributed by atoms with Crippen molar-refractivity contribution in [2.24, 2.45) is 11.7 Å². The average Bonchev–Trinajstić information content (AvgIpc) is 3.37. The molecular weight excluding hydrogens is 342 g/mol. The predicted octanol–water partition coefficient (Wildman–Crippen LogP) is 1.93. The molecule has 2 atom stereocenters. The van der Waals surface area contributed by atoms with Crippen LogP contribution in [0.25, 0.3) is 0 Å². The van der Waals surface area contributed by atoms with E-state index in [4.69, 9.17) is 10.5 Å². The summed E-state index contributed by atoms with van der Waals surface area (Å²) in [5, 5.41) is 5.71. The van der Waals surface area contributed by atoms with Crippen molar-refractivity contribution in [1.82, 2.24) is 10.6 Å². The number of carbonyl (C=O) groups excluding carboxylic acids is 2. The third kappa shape index (κ3) is 6.92. The van der Waals surface area contributed by atoms with Gasteiger partial charge in [0.1, 0.15) is 5.75 Å². The van der Waals surface area contributed by atoms with Crippen LogP contribution in [-0.4, -0.2) is 31.0 Å². The van der Waals surface area contributed by atoms with E-state index in [0.29, 0.717) is 24.8 Å². The molecule has 7 heteroatoms. The lowest BCUT2D eigenvalue weighted by Crippen LogP contribution is -2.40. The molecule has 0 aromatic heterocycles. The number of halogens is 1. The Hall–Kier alpha value is -1.79. The molecule has 4 N–H and O–H groups in total. The summed E-state index contributed by atoms with van der Waals surface area (Å²) >= 11 is 0. The number of para-hydroxylation sites is 1. The maximum atomic E-state index is 12.3. The second-order valence-corrected chi connectivity index (χ2v) is 6.23. The van der Waals surface area contributed by atoms with Crippen molar-refractivity contribution in [3.05, 3.63) is 29.8 Å². The van der Waals surface area contributed by atoms with Crippen LogP contribution in [-0.2, 0) is 9.59 Å². The summed E-state index contributed by atoms with van der Waals surface area (Å²) < 4.78 is 5.62. The zero-order valence-electron chi connectivity index (χ0n) is 14.8. The number of amides is 2. The lowest BCUT2D eigenvalue weighted by atomic mass is 10.0. The van der Waals surface area contributed by atoms with Crippen molar-refractivity contribution in [2.45, 2.75) is 45.2 Å². The third-order valence-corrected chi connectivity index (χ3v) is 4.12. The Kier molecular flexibility index (Phi) is 8.72. The molecule has 1 fully saturated rings. The molecule has 1 aromatic rings. The minimum atomic E-state index is -0.428. The van der Waals surface area contributed by atoms with Crippen LogP contribution in [0.5, 0.6) is 5.75 Å². The fraction of sp³-hybridized carbons (Fsp3) is 0.556. The molecule has 1 aliphatic carbocycles. The SMILES string of the molecule is CCOc1ccccc1C(CC(=O)NCC(N)C1CC1)NC(C)=O.Cl. The zero-order valence-corrected chi connectivity index (χ0v) is 15.6. The maximum absolute atomic E-state index is 12.3. The largest absolute Gasteiger partial charge is 0.494 e. The molecule has 0 spiro atoms. The van der Waals surface area contributed by atoms with Crippen molar-refractivity contribution in [2.75, 3.05) is 13.2 Å². The van der Waals surface area contributed by atoms with E-state index in [-0.39, 0.29) is 36.7 Å². The molecule has 0 heterocycles. The molecule has 25 heavy (non-hydrogen) atoms. The number of benzene rings is 1. The van der Waals surface area contributed by atoms with E-state index in [1.54, 1.807) is 0 Å². The van der Waals surface area contributed by atoms with Crippen molar-refractivity contribution in [1.29, 1.82) is 0 Å². The van der Waals surface area contributed by atoms with E-state index in [1.807, 2.05) is 31.2 Å². The second-order valence-electron chi connectivity index (χ2n) is 6.23. The number of nitrogens with one attached hydrogen (secondary N) is 2. The van der Waals surface area contributed by atoms with Crippen molar-refractivity contribution in [3.8, 4) is 5.75 Å². The van der Waals surface area contributed by atoms with Crippen LogP contribution in [0.3, 0.4) is 0 Å². The summed E-state index contributed by atoms with van der Waals surface area (Å²) in [4.78, 5) is 23.8. The number of rotatable bonds is 9. The van der Waals surface area contributed by atoms with Crippen LogP contribution in [0, 0.1) is 5.92 Å². The van der Waals surface area contributed by atoms with E-state index in [0.717, 1.165) is 18.4 Å². The van der Waals surface area contributed by atoms with Gasteiger partial charge in [-0.1, -0.05) is 18.2 Å². The van der Waals surface area contributed by atoms with Crippen LogP contribution in [0.1, 0.15) is 44.7 Å². The fourth-order valence-electron chi connectivity index (χ4n) is 2.72. The van der Waals surface area contributed by atoms with Gasteiger partial charge in [0, 0.05) is 25.1 Å². The standard InChI is InChI=1S/C18H27N3O3.ClH/c1-3-24-17-7-5-4-6-14(17)16(21-12(2)22)10-18(23)20-11-15(19)13-8-9-13;/h4-7,13,15-16H,3,8-11,19H2,1-2H3,(H,20,23)(H,21,22);1H. The molecular formula is C18H28ClN3O3. The van der Waals surface area contributed by atoms with Crippen LogP contribution in [0.15, 0.2) is 24.3 Å². The van der Waals surface area contributed by atoms with Gasteiger partial charge in [-0.15, -0.1) is 12.4 Å². The first-order valence-electron chi connectivity index (χ1n) is 8.52. The molecule has 0 aliphatic heterocycles. The minimum absolute atomic E-state index is 0. The van der Waals surface area contributed by atoms with Gasteiger partial charge in [-0.2, -0.15) is 0 Å². The van der Waals surface area contributed by atoms with Gasteiger partial charge in [-0.05, 0) is 31.7 Å². The third-order valence-electron chi connectivity index (χ3n) is 4.12. The number of hydrogen-bond acceptors (Lipinski definition) is 4. The quantitative estimate of drug-likeness (QED) is 0.620. The van der Waals surface area contributed by atoms with Gasteiger partial charge in [0.05, 0.1) is 19.1 Å². The van der Waals surface area contributed by atoms with Crippen molar-refractivity contribution in [3.63, 3.8) is 0 Å². The number of ether oxygens (including phenoxy) is 1. The van der Waals surface area contributed by atoms with Gasteiger partial charge in [0.2, 0.25) is 11.8 Å². The summed E-state index contributed by atoms with van der Waals surface area (Å²) in [6, 6.07) is 7.04. The molecule has 2 rings (SSSR count). The van der Waals surface area contributed by atoms with E-state index in [1.165, 1.54) is 6.92 Å². The van der Waals surface area contributed by atoms with E-state index in [2.05, 4.69) is 10.6 Å². The van der Waals surface area contributed by atoms with Crippen LogP contribution < -0.4 is 21.1 Å². The van der Waals surface area contributed by atoms with Crippen LogP contribution in [0.2, 0.25) is 0 Å². The van der Waals surface area contributed by atoms with Crippen LogP contribution >= 0.6 is 12.4 Å². The highest BCUT2D eigenvalue weighted by Crippen LogP contribution is 2.31. The normalized spacial score (nSPS) is 15.5. The summed E-state index contributed by atoms with van der Waals surface area (Å²) in [5.41, 5.74) is 6.81. The van der Waals surface area contributed by atoms with Crippen molar-refractivity contribution < 1.29 is 14.3 Å². The molecule has 1 saturated carbocycles. The Balaban J connectivity index is 0.00000312. The lowest BCUT2D eigenvalue weighted by Gasteiger charge is -2.21. The van der Waals surface area contributed by atoms with Gasteiger partial charge in [-0.3, -0.25) is 9.59 Å². The first-order valence-corrected chi connectivity index (χ1v) is 8.52. The highest BCUT2D eigenvalue weighted by molar-refractivity contribution is 5.85. The van der Waals surface area contributed by atoms with Gasteiger partial charge in [0.25, 0.3) is 0 Å². The van der Waals surface area contributed by atoms with E-state index >= 15 is 0 Å². The first-order chi connectivity index (χ1) is 11.5. The Morgan fingerprint density at radius 3 is 2.60 bits per heavy atom. The fourth-order valence-corrected chi connectivity index (χ4v) is 2.72. The maximum Gasteiger partial charge on any atom is 0.222 e. The monoisotopic (exact) mass is 369 g/mol. The van der Waals surface area contributed by atoms with Gasteiger partial charge in [0.15, 0.2) is 0 Å². The number of hydrogen-bond donors (Lipinski definition) is 3. The Morgan fingerprint density at radius 1 is 1.32 bits per heavy atom. The van der Waals surface area contributed by atoms with Gasteiger partial charge < -0.3 is 21.1 Å². The first kappa shape index (κ1) is 21.3. The van der Waals surface area contributed by atoms with Crippen molar-refractivity contribution >= 4 is 24.2 Å². The number of nitrogens with two attached hydrogens (primary N) is 1. The number of carbonyl (C=O) groups is 2. The van der Waals surface area contributed by atoms with Crippen LogP contribution in [0.4, 0.5) is 0 Å². The minimum Gasteiger partial charge on any atom is -0.494 e. The van der Waals surface area contributed by atoms with Gasteiger partial charge in [-0.25, -0.2) is 0 Å². The highest BCUT2D eigenvalue weighted by Gasteiger charge is 2.29. The molecule has 1 aliphatic rings. The predicted molar refractivity (Wildman–Crippen MR) is 99.7 cm³/mol. The average molecular weight is 370 g/mol. The molecule has 0 saturated heterocycles.